The second kappa shape index (κ2) is 39.0. The molecule has 29 nitrogen and oxygen atoms in total. The number of amidine groups is 2. The molecule has 16 rings (SSSR count). The number of anilines is 5. The van der Waals surface area contributed by atoms with Crippen molar-refractivity contribution in [2.24, 2.45) is 35.6 Å². The third kappa shape index (κ3) is 22.3. The third-order valence-corrected chi connectivity index (χ3v) is 16.3. The molecule has 1 aromatic heterocycles. The van der Waals surface area contributed by atoms with E-state index in [1.807, 2.05) is 208 Å². The molecule has 7 aliphatic heterocycles. The lowest BCUT2D eigenvalue weighted by Crippen LogP contribution is -2.35. The molecule has 564 valence electrons. The molecule has 1 saturated heterocycles. The normalized spacial score (nSPS) is 15.3. The number of esters is 2. The van der Waals surface area contributed by atoms with E-state index in [1.54, 1.807) is 61.1 Å². The van der Waals surface area contributed by atoms with Gasteiger partial charge in [0.05, 0.1) is 96.6 Å². The molecule has 0 aliphatic carbocycles. The molecule has 7 amide bonds. The predicted molar refractivity (Wildman–Crippen MR) is 425 cm³/mol. The van der Waals surface area contributed by atoms with Gasteiger partial charge in [-0.3, -0.25) is 39.0 Å². The summed E-state index contributed by atoms with van der Waals surface area (Å²) >= 11 is 6.06. The third-order valence-electron chi connectivity index (χ3n) is 15.9. The van der Waals surface area contributed by atoms with Crippen LogP contribution in [0.15, 0.2) is 272 Å². The number of halogens is 1. The first-order valence-corrected chi connectivity index (χ1v) is 35.4. The van der Waals surface area contributed by atoms with Crippen LogP contribution >= 0.6 is 11.6 Å². The van der Waals surface area contributed by atoms with Crippen molar-refractivity contribution >= 4 is 139 Å². The molecule has 9 aromatic rings. The lowest BCUT2D eigenvalue weighted by atomic mass is 10.1. The minimum atomic E-state index is -0.528. The SMILES string of the molecule is CC(=O)NC1=NN(c2ccccc2)C(=O)C1.CC1=NN(c2ccccc2)C(=O)C1.CC1=Nn2nc(-c3ccccc3)nc2C1.CCOC(=O)C1=NN(C)C(=O)C1.CCOC(=O)C1=NN(c2ccccc2)C(=O)C1.O=C1CC(=Nc2ccccc2Cl)NN1c1ccccc1.O=C1CC(c2ccccc2)=NN1c1ccccc1. The van der Waals surface area contributed by atoms with E-state index in [0.29, 0.717) is 53.2 Å². The van der Waals surface area contributed by atoms with Gasteiger partial charge in [0.15, 0.2) is 23.1 Å². The molecule has 0 saturated carbocycles. The number of nitrogens with zero attached hydrogens (tertiary/aromatic N) is 16. The molecule has 7 aliphatic rings. The predicted octanol–water partition coefficient (Wildman–Crippen LogP) is 11.6. The number of aromatic nitrogens is 3. The number of benzene rings is 8. The summed E-state index contributed by atoms with van der Waals surface area (Å²) in [6.07, 6.45) is 2.02. The van der Waals surface area contributed by atoms with E-state index < -0.39 is 11.9 Å². The van der Waals surface area contributed by atoms with Crippen LogP contribution in [0.1, 0.15) is 84.5 Å². The van der Waals surface area contributed by atoms with Crippen LogP contribution in [0.3, 0.4) is 0 Å². The Morgan fingerprint density at radius 3 is 1.35 bits per heavy atom. The van der Waals surface area contributed by atoms with E-state index in [4.69, 9.17) is 16.3 Å². The van der Waals surface area contributed by atoms with E-state index in [1.165, 1.54) is 39.0 Å². The number of aliphatic imine (C=N–C) groups is 1. The largest absolute Gasteiger partial charge is 0.461 e. The van der Waals surface area contributed by atoms with Crippen molar-refractivity contribution in [3.05, 3.63) is 253 Å². The average molecular weight is 1510 g/mol. The zero-order chi connectivity index (χ0) is 78.8. The van der Waals surface area contributed by atoms with Crippen LogP contribution in [-0.2, 0) is 59.0 Å². The number of carbonyl (C=O) groups excluding carboxylic acids is 9. The highest BCUT2D eigenvalue weighted by Gasteiger charge is 2.32. The van der Waals surface area contributed by atoms with Crippen molar-refractivity contribution in [2.45, 2.75) is 79.6 Å². The van der Waals surface area contributed by atoms with E-state index in [0.717, 1.165) is 68.4 Å². The molecule has 8 heterocycles. The number of para-hydroxylation sites is 6. The summed E-state index contributed by atoms with van der Waals surface area (Å²) in [7, 11) is 1.51. The van der Waals surface area contributed by atoms with Crippen LogP contribution in [-0.4, -0.2) is 134 Å². The fourth-order valence-electron chi connectivity index (χ4n) is 10.8. The van der Waals surface area contributed by atoms with Crippen LogP contribution in [0.2, 0.25) is 5.02 Å². The van der Waals surface area contributed by atoms with E-state index in [9.17, 15) is 43.2 Å². The Bertz CT molecular complexity index is 5070. The lowest BCUT2D eigenvalue weighted by Gasteiger charge is -2.15. The Kier molecular flexibility index (Phi) is 27.9. The first kappa shape index (κ1) is 79.5. The molecule has 0 radical (unpaired) electrons. The molecule has 8 aromatic carbocycles. The number of hydrogen-bond acceptors (Lipinski definition) is 20. The maximum Gasteiger partial charge on any atom is 0.355 e. The number of fused-ring (bicyclic) bond motifs is 1. The Labute approximate surface area is 644 Å². The number of hydrazone groups is 5. The fraction of sp³-hybridized carbons (Fsp3) is 0.185. The van der Waals surface area contributed by atoms with Gasteiger partial charge in [0.2, 0.25) is 11.8 Å². The first-order chi connectivity index (χ1) is 53.7. The average Bonchev–Trinajstić information content (AvgIpc) is 1.67. The number of nitrogens with one attached hydrogen (secondary N) is 2. The second-order valence-corrected chi connectivity index (χ2v) is 24.9. The van der Waals surface area contributed by atoms with Crippen molar-refractivity contribution in [3.8, 4) is 11.4 Å². The Morgan fingerprint density at radius 2 is 0.874 bits per heavy atom. The smallest absolute Gasteiger partial charge is 0.355 e. The maximum absolute atomic E-state index is 12.0. The minimum Gasteiger partial charge on any atom is -0.461 e. The molecule has 111 heavy (non-hydrogen) atoms. The van der Waals surface area contributed by atoms with Crippen molar-refractivity contribution in [2.75, 3.05) is 45.3 Å². The van der Waals surface area contributed by atoms with Crippen LogP contribution in [0.5, 0.6) is 0 Å². The molecule has 0 spiro atoms. The highest BCUT2D eigenvalue weighted by Crippen LogP contribution is 2.28. The quantitative estimate of drug-likeness (QED) is 0.107. The Morgan fingerprint density at radius 1 is 0.450 bits per heavy atom. The molecular weight excluding hydrogens is 1440 g/mol. The topological polar surface area (TPSA) is 333 Å². The van der Waals surface area contributed by atoms with Crippen molar-refractivity contribution in [1.82, 2.24) is 30.6 Å². The number of ether oxygens (including phenoxy) is 2. The molecule has 2 N–H and O–H groups in total. The molecule has 30 heteroatoms. The summed E-state index contributed by atoms with van der Waals surface area (Å²) in [4.78, 5) is 113. The van der Waals surface area contributed by atoms with Gasteiger partial charge in [-0.25, -0.2) is 39.6 Å². The monoisotopic (exact) mass is 1510 g/mol. The summed E-state index contributed by atoms with van der Waals surface area (Å²) in [5.74, 6) is 0.871. The number of hydrazine groups is 1. The van der Waals surface area contributed by atoms with Gasteiger partial charge in [0.1, 0.15) is 11.7 Å². The summed E-state index contributed by atoms with van der Waals surface area (Å²) in [6, 6.07) is 73.5. The highest BCUT2D eigenvalue weighted by atomic mass is 35.5. The van der Waals surface area contributed by atoms with Crippen molar-refractivity contribution in [1.29, 1.82) is 0 Å². The van der Waals surface area contributed by atoms with E-state index in [2.05, 4.69) is 61.2 Å². The maximum atomic E-state index is 12.0. The van der Waals surface area contributed by atoms with Gasteiger partial charge in [-0.05, 0) is 106 Å². The Balaban J connectivity index is 0.000000138. The summed E-state index contributed by atoms with van der Waals surface area (Å²) < 4.78 is 9.48. The van der Waals surface area contributed by atoms with Crippen molar-refractivity contribution in [3.63, 3.8) is 0 Å². The Hall–Kier alpha value is -14.1. The molecule has 1 fully saturated rings. The highest BCUT2D eigenvalue weighted by molar-refractivity contribution is 6.43. The number of amides is 7. The summed E-state index contributed by atoms with van der Waals surface area (Å²) in [5.41, 5.74) is 12.6. The zero-order valence-electron chi connectivity index (χ0n) is 61.4. The zero-order valence-corrected chi connectivity index (χ0v) is 62.2. The van der Waals surface area contributed by atoms with Crippen LogP contribution in [0, 0.1) is 0 Å². The van der Waals surface area contributed by atoms with Gasteiger partial charge in [-0.1, -0.05) is 175 Å². The molecule has 0 bridgehead atoms. The fourth-order valence-corrected chi connectivity index (χ4v) is 11.0. The van der Waals surface area contributed by atoms with Crippen molar-refractivity contribution < 1.29 is 52.6 Å². The van der Waals surface area contributed by atoms with Gasteiger partial charge < -0.3 is 14.8 Å². The number of hydrogen-bond donors (Lipinski definition) is 2. The first-order valence-electron chi connectivity index (χ1n) is 35.0. The second-order valence-electron chi connectivity index (χ2n) is 24.5. The van der Waals surface area contributed by atoms with Gasteiger partial charge in [0, 0.05) is 37.4 Å². The van der Waals surface area contributed by atoms with Gasteiger partial charge >= 0.3 is 11.9 Å². The minimum absolute atomic E-state index is 0.00622. The van der Waals surface area contributed by atoms with Crippen LogP contribution < -0.4 is 35.8 Å². The molecule has 0 unspecified atom stereocenters. The van der Waals surface area contributed by atoms with Gasteiger partial charge in [0.25, 0.3) is 29.5 Å². The van der Waals surface area contributed by atoms with E-state index in [-0.39, 0.29) is 85.1 Å². The van der Waals surface area contributed by atoms with E-state index >= 15 is 0 Å². The molecular formula is C81H77ClN18O11. The summed E-state index contributed by atoms with van der Waals surface area (Å²) in [6.45, 7) is 9.23. The van der Waals surface area contributed by atoms with Gasteiger partial charge in [-0.2, -0.15) is 40.6 Å². The van der Waals surface area contributed by atoms with Gasteiger partial charge in [-0.15, -0.1) is 9.89 Å². The lowest BCUT2D eigenvalue weighted by molar-refractivity contribution is -0.136. The summed E-state index contributed by atoms with van der Waals surface area (Å²) in [5, 5.41) is 40.1. The molecule has 0 atom stereocenters. The number of rotatable bonds is 12. The van der Waals surface area contributed by atoms with Crippen LogP contribution in [0.4, 0.5) is 34.1 Å². The number of carbonyl (C=O) groups is 9. The standard InChI is InChI=1S/C15H12ClN3O.C15H12N2O.C12H12N2O3.C11H10N4.C11H11N3O2.C10H10N2O.C7H10N2O3/c16-12-8-4-5-9-13(12)17-14-10-15(20)19(18-14)11-6-2-1-3-7-11;18-15-11-14(12-7-3-1-4-8-12)16-17(15)13-9-5-2-6-10-13;1-2-17-12(16)10-8-11(15)14(13-10)9-6-4-3-5-7-9;1-8-7-10-12-11(14-15(10)13-8)9-5-3-2-4-6-9;1-8(15)12-10-7-11(16)14(13-10)9-5-3-2-4-6-9;1-8-7-10(13)12(11-8)9-5-3-2-4-6-9;1-3-12-7(11)5-4-6(10)9(2)8-5/h1-9H,10H2,(H,17,18);1-10H,11H2;3-7H,2,8H2,1H3;2-6H,7H2,1H3;2-6H,7H2,1H3,(H,12,13,15);2-6H,7H2,1H3;3-4H2,1-2H3. The van der Waals surface area contributed by atoms with Crippen LogP contribution in [0.25, 0.3) is 11.4 Å².